The second-order valence-electron chi connectivity index (χ2n) is 4.44. The van der Waals surface area contributed by atoms with Gasteiger partial charge in [-0.25, -0.2) is 0 Å². The summed E-state index contributed by atoms with van der Waals surface area (Å²) in [6, 6.07) is 5.24. The summed E-state index contributed by atoms with van der Waals surface area (Å²) in [4.78, 5) is 12.3. The number of morpholine rings is 1. The van der Waals surface area contributed by atoms with Crippen molar-refractivity contribution in [2.45, 2.75) is 6.10 Å². The summed E-state index contributed by atoms with van der Waals surface area (Å²) in [7, 11) is 3.05. The van der Waals surface area contributed by atoms with Crippen LogP contribution in [0.3, 0.4) is 0 Å². The van der Waals surface area contributed by atoms with Gasteiger partial charge < -0.3 is 24.8 Å². The van der Waals surface area contributed by atoms with Gasteiger partial charge in [-0.15, -0.1) is 0 Å². The Hall–Kier alpha value is -1.79. The molecule has 1 amide bonds. The maximum absolute atomic E-state index is 12.3. The number of methoxy groups -OCH3 is 2. The molecule has 1 aromatic rings. The van der Waals surface area contributed by atoms with Crippen LogP contribution in [0.4, 0.5) is 0 Å². The Morgan fingerprint density at radius 3 is 2.65 bits per heavy atom. The van der Waals surface area contributed by atoms with Gasteiger partial charge in [0.05, 0.1) is 26.9 Å². The van der Waals surface area contributed by atoms with E-state index in [1.807, 2.05) is 0 Å². The first-order valence-corrected chi connectivity index (χ1v) is 6.57. The molecule has 0 radical (unpaired) electrons. The predicted molar refractivity (Wildman–Crippen MR) is 74.5 cm³/mol. The van der Waals surface area contributed by atoms with E-state index in [0.29, 0.717) is 30.2 Å². The molecule has 0 bridgehead atoms. The highest BCUT2D eigenvalue weighted by Gasteiger charge is 2.20. The molecule has 0 aliphatic carbocycles. The van der Waals surface area contributed by atoms with Gasteiger partial charge in [0.2, 0.25) is 0 Å². The molecule has 1 atom stereocenters. The average Bonchev–Trinajstić information content (AvgIpc) is 2.52. The van der Waals surface area contributed by atoms with Crippen LogP contribution in [0, 0.1) is 0 Å². The van der Waals surface area contributed by atoms with Crippen molar-refractivity contribution in [3.8, 4) is 11.5 Å². The fourth-order valence-electron chi connectivity index (χ4n) is 2.12. The van der Waals surface area contributed by atoms with Crippen molar-refractivity contribution < 1.29 is 19.0 Å². The number of benzene rings is 1. The molecular weight excluding hydrogens is 260 g/mol. The number of hydrogen-bond acceptors (Lipinski definition) is 5. The quantitative estimate of drug-likeness (QED) is 0.818. The molecule has 1 unspecified atom stereocenters. The Morgan fingerprint density at radius 1 is 1.40 bits per heavy atom. The Kier molecular flexibility index (Phi) is 5.20. The third-order valence-corrected chi connectivity index (χ3v) is 3.15. The third kappa shape index (κ3) is 3.40. The smallest absolute Gasteiger partial charge is 0.258 e. The first-order chi connectivity index (χ1) is 9.76. The zero-order chi connectivity index (χ0) is 14.4. The van der Waals surface area contributed by atoms with Crippen LogP contribution < -0.4 is 20.1 Å². The van der Waals surface area contributed by atoms with E-state index in [1.165, 1.54) is 14.2 Å². The molecule has 20 heavy (non-hydrogen) atoms. The highest BCUT2D eigenvalue weighted by atomic mass is 16.5. The molecule has 1 aliphatic rings. The Labute approximate surface area is 118 Å². The topological polar surface area (TPSA) is 68.8 Å². The maximum atomic E-state index is 12.3. The summed E-state index contributed by atoms with van der Waals surface area (Å²) in [6.45, 7) is 2.71. The molecule has 0 saturated carbocycles. The molecule has 1 aliphatic heterocycles. The average molecular weight is 280 g/mol. The van der Waals surface area contributed by atoms with E-state index in [2.05, 4.69) is 10.6 Å². The van der Waals surface area contributed by atoms with Crippen molar-refractivity contribution in [1.82, 2.24) is 10.6 Å². The summed E-state index contributed by atoms with van der Waals surface area (Å²) in [5, 5.41) is 6.07. The number of amides is 1. The van der Waals surface area contributed by atoms with Crippen molar-refractivity contribution in [1.29, 1.82) is 0 Å². The van der Waals surface area contributed by atoms with E-state index in [0.717, 1.165) is 13.1 Å². The number of carbonyl (C=O) groups is 1. The second kappa shape index (κ2) is 7.12. The molecular formula is C14H20N2O4. The van der Waals surface area contributed by atoms with Crippen molar-refractivity contribution in [3.63, 3.8) is 0 Å². The molecule has 6 heteroatoms. The van der Waals surface area contributed by atoms with Crippen LogP contribution >= 0.6 is 0 Å². The normalized spacial score (nSPS) is 18.4. The lowest BCUT2D eigenvalue weighted by Gasteiger charge is -2.24. The third-order valence-electron chi connectivity index (χ3n) is 3.15. The van der Waals surface area contributed by atoms with Gasteiger partial charge in [-0.1, -0.05) is 6.07 Å². The fraction of sp³-hybridized carbons (Fsp3) is 0.500. The maximum Gasteiger partial charge on any atom is 0.258 e. The van der Waals surface area contributed by atoms with E-state index in [9.17, 15) is 4.79 Å². The van der Waals surface area contributed by atoms with Crippen LogP contribution in [0.15, 0.2) is 18.2 Å². The van der Waals surface area contributed by atoms with E-state index in [4.69, 9.17) is 14.2 Å². The van der Waals surface area contributed by atoms with Gasteiger partial charge in [-0.2, -0.15) is 0 Å². The van der Waals surface area contributed by atoms with Crippen molar-refractivity contribution in [2.75, 3.05) is 40.5 Å². The van der Waals surface area contributed by atoms with Crippen molar-refractivity contribution in [3.05, 3.63) is 23.8 Å². The van der Waals surface area contributed by atoms with Gasteiger partial charge in [-0.05, 0) is 12.1 Å². The van der Waals surface area contributed by atoms with Gasteiger partial charge in [0, 0.05) is 19.6 Å². The van der Waals surface area contributed by atoms with E-state index < -0.39 is 0 Å². The van der Waals surface area contributed by atoms with E-state index >= 15 is 0 Å². The molecule has 0 spiro atoms. The van der Waals surface area contributed by atoms with E-state index in [-0.39, 0.29) is 12.0 Å². The van der Waals surface area contributed by atoms with Crippen LogP contribution in [-0.4, -0.2) is 52.5 Å². The molecule has 1 heterocycles. The van der Waals surface area contributed by atoms with Gasteiger partial charge in [0.25, 0.3) is 5.91 Å². The molecule has 2 rings (SSSR count). The van der Waals surface area contributed by atoms with Gasteiger partial charge in [0.1, 0.15) is 17.1 Å². The SMILES string of the molecule is COc1cccc(OC)c1C(=O)NCC1CNCCO1. The van der Waals surface area contributed by atoms with Crippen molar-refractivity contribution >= 4 is 5.91 Å². The van der Waals surface area contributed by atoms with Gasteiger partial charge >= 0.3 is 0 Å². The first-order valence-electron chi connectivity index (χ1n) is 6.57. The Bertz CT molecular complexity index is 436. The molecule has 2 N–H and O–H groups in total. The summed E-state index contributed by atoms with van der Waals surface area (Å²) in [5.41, 5.74) is 0.404. The van der Waals surface area contributed by atoms with Crippen LogP contribution in [0.2, 0.25) is 0 Å². The summed E-state index contributed by atoms with van der Waals surface area (Å²) in [5.74, 6) is 0.752. The predicted octanol–water partition coefficient (Wildman–Crippen LogP) is 0.422. The van der Waals surface area contributed by atoms with Crippen LogP contribution in [0.25, 0.3) is 0 Å². The second-order valence-corrected chi connectivity index (χ2v) is 4.44. The largest absolute Gasteiger partial charge is 0.496 e. The minimum absolute atomic E-state index is 0.00611. The molecule has 1 aromatic carbocycles. The minimum Gasteiger partial charge on any atom is -0.496 e. The monoisotopic (exact) mass is 280 g/mol. The van der Waals surface area contributed by atoms with Gasteiger partial charge in [0.15, 0.2) is 0 Å². The number of hydrogen-bond donors (Lipinski definition) is 2. The molecule has 110 valence electrons. The first kappa shape index (κ1) is 14.6. The number of rotatable bonds is 5. The molecule has 1 saturated heterocycles. The van der Waals surface area contributed by atoms with Gasteiger partial charge in [-0.3, -0.25) is 4.79 Å². The highest BCUT2D eigenvalue weighted by molar-refractivity contribution is 5.99. The fourth-order valence-corrected chi connectivity index (χ4v) is 2.12. The Morgan fingerprint density at radius 2 is 2.10 bits per heavy atom. The summed E-state index contributed by atoms with van der Waals surface area (Å²) >= 11 is 0. The molecule has 1 fully saturated rings. The lowest BCUT2D eigenvalue weighted by Crippen LogP contribution is -2.45. The number of nitrogens with one attached hydrogen (secondary N) is 2. The zero-order valence-electron chi connectivity index (χ0n) is 11.8. The Balaban J connectivity index is 2.04. The number of carbonyl (C=O) groups excluding carboxylic acids is 1. The lowest BCUT2D eigenvalue weighted by atomic mass is 10.1. The number of ether oxygens (including phenoxy) is 3. The molecule has 0 aromatic heterocycles. The van der Waals surface area contributed by atoms with Crippen LogP contribution in [-0.2, 0) is 4.74 Å². The molecule has 6 nitrogen and oxygen atoms in total. The zero-order valence-corrected chi connectivity index (χ0v) is 11.8. The van der Waals surface area contributed by atoms with E-state index in [1.54, 1.807) is 18.2 Å². The highest BCUT2D eigenvalue weighted by Crippen LogP contribution is 2.27. The standard InChI is InChI=1S/C14H20N2O4/c1-18-11-4-3-5-12(19-2)13(11)14(17)16-9-10-8-15-6-7-20-10/h3-5,10,15H,6-9H2,1-2H3,(H,16,17). The minimum atomic E-state index is -0.228. The summed E-state index contributed by atoms with van der Waals surface area (Å²) in [6.07, 6.45) is -0.00611. The van der Waals surface area contributed by atoms with Crippen LogP contribution in [0.5, 0.6) is 11.5 Å². The van der Waals surface area contributed by atoms with Crippen molar-refractivity contribution in [2.24, 2.45) is 0 Å². The summed E-state index contributed by atoms with van der Waals surface area (Å²) < 4.78 is 16.0. The van der Waals surface area contributed by atoms with Crippen LogP contribution in [0.1, 0.15) is 10.4 Å². The lowest BCUT2D eigenvalue weighted by molar-refractivity contribution is 0.0286.